The van der Waals surface area contributed by atoms with Crippen molar-refractivity contribution in [2.45, 2.75) is 83.5 Å². The first-order valence-corrected chi connectivity index (χ1v) is 11.0. The van der Waals surface area contributed by atoms with Crippen LogP contribution in [0, 0.1) is 5.92 Å². The van der Waals surface area contributed by atoms with E-state index in [9.17, 15) is 15.0 Å². The molecule has 5 heteroatoms. The second-order valence-electron chi connectivity index (χ2n) is 9.17. The number of methoxy groups -OCH3 is 1. The lowest BCUT2D eigenvalue weighted by Crippen LogP contribution is -2.38. The monoisotopic (exact) mass is 418 g/mol. The molecule has 0 radical (unpaired) electrons. The summed E-state index contributed by atoms with van der Waals surface area (Å²) in [6.45, 7) is 7.99. The molecule has 2 rings (SSSR count). The Labute approximate surface area is 181 Å². The van der Waals surface area contributed by atoms with Crippen molar-refractivity contribution in [2.24, 2.45) is 5.92 Å². The maximum atomic E-state index is 12.5. The Bertz CT molecular complexity index is 724. The van der Waals surface area contributed by atoms with E-state index in [2.05, 4.69) is 32.0 Å². The predicted molar refractivity (Wildman–Crippen MR) is 118 cm³/mol. The van der Waals surface area contributed by atoms with Crippen molar-refractivity contribution >= 4 is 5.97 Å². The number of aliphatic hydroxyl groups is 2. The Hall–Kier alpha value is -1.69. The predicted octanol–water partition coefficient (Wildman–Crippen LogP) is 3.94. The van der Waals surface area contributed by atoms with Gasteiger partial charge in [-0.2, -0.15) is 0 Å². The second-order valence-corrected chi connectivity index (χ2v) is 9.17. The topological polar surface area (TPSA) is 76.0 Å². The SMILES string of the molecule is CO[C@@H]1C[C@@H](/C(C)=C\[C@@H](C)CO)OC(=O)CCCc2cccc(c2)C(C)(C)[C@@H](O)C1. The lowest BCUT2D eigenvalue weighted by Gasteiger charge is -2.34. The zero-order valence-corrected chi connectivity index (χ0v) is 19.1. The normalized spacial score (nSPS) is 27.1. The lowest BCUT2D eigenvalue weighted by atomic mass is 9.76. The van der Waals surface area contributed by atoms with Gasteiger partial charge < -0.3 is 19.7 Å². The summed E-state index contributed by atoms with van der Waals surface area (Å²) in [4.78, 5) is 12.5. The van der Waals surface area contributed by atoms with E-state index in [1.165, 1.54) is 0 Å². The number of fused-ring (bicyclic) bond motifs is 2. The molecule has 30 heavy (non-hydrogen) atoms. The molecule has 1 aliphatic heterocycles. The fraction of sp³-hybridized carbons (Fsp3) is 0.640. The van der Waals surface area contributed by atoms with Gasteiger partial charge in [0.05, 0.1) is 12.2 Å². The van der Waals surface area contributed by atoms with Crippen molar-refractivity contribution in [2.75, 3.05) is 13.7 Å². The molecule has 0 saturated carbocycles. The highest BCUT2D eigenvalue weighted by Gasteiger charge is 2.33. The molecule has 0 spiro atoms. The zero-order chi connectivity index (χ0) is 22.3. The number of cyclic esters (lactones) is 1. The van der Waals surface area contributed by atoms with Crippen LogP contribution < -0.4 is 0 Å². The van der Waals surface area contributed by atoms with Gasteiger partial charge in [-0.15, -0.1) is 0 Å². The summed E-state index contributed by atoms with van der Waals surface area (Å²) < 4.78 is 11.5. The molecule has 0 aromatic heterocycles. The average Bonchev–Trinajstić information content (AvgIpc) is 2.71. The highest BCUT2D eigenvalue weighted by atomic mass is 16.5. The molecule has 4 atom stereocenters. The molecule has 1 heterocycles. The Morgan fingerprint density at radius 1 is 1.33 bits per heavy atom. The largest absolute Gasteiger partial charge is 0.458 e. The smallest absolute Gasteiger partial charge is 0.306 e. The summed E-state index contributed by atoms with van der Waals surface area (Å²) in [6.07, 6.45) is 3.38. The lowest BCUT2D eigenvalue weighted by molar-refractivity contribution is -0.149. The van der Waals surface area contributed by atoms with Crippen LogP contribution in [0.5, 0.6) is 0 Å². The van der Waals surface area contributed by atoms with Crippen LogP contribution in [0.3, 0.4) is 0 Å². The Kier molecular flexibility index (Phi) is 9.08. The summed E-state index contributed by atoms with van der Waals surface area (Å²) in [7, 11) is 1.63. The van der Waals surface area contributed by atoms with Crippen LogP contribution in [0.4, 0.5) is 0 Å². The minimum absolute atomic E-state index is 0.0210. The number of carbonyl (C=O) groups excluding carboxylic acids is 1. The quantitative estimate of drug-likeness (QED) is 0.572. The van der Waals surface area contributed by atoms with E-state index in [-0.39, 0.29) is 24.6 Å². The van der Waals surface area contributed by atoms with Crippen LogP contribution in [-0.4, -0.2) is 48.2 Å². The summed E-state index contributed by atoms with van der Waals surface area (Å²) in [5.74, 6) is -0.249. The molecule has 2 N–H and O–H groups in total. The number of aliphatic hydroxyl groups excluding tert-OH is 2. The van der Waals surface area contributed by atoms with Gasteiger partial charge in [0.1, 0.15) is 6.10 Å². The maximum Gasteiger partial charge on any atom is 0.306 e. The van der Waals surface area contributed by atoms with Gasteiger partial charge in [0, 0.05) is 38.4 Å². The third-order valence-corrected chi connectivity index (χ3v) is 6.26. The van der Waals surface area contributed by atoms with Gasteiger partial charge in [-0.25, -0.2) is 0 Å². The van der Waals surface area contributed by atoms with Gasteiger partial charge >= 0.3 is 5.97 Å². The maximum absolute atomic E-state index is 12.5. The number of carbonyl (C=O) groups is 1. The highest BCUT2D eigenvalue weighted by molar-refractivity contribution is 5.69. The van der Waals surface area contributed by atoms with Crippen LogP contribution in [0.25, 0.3) is 0 Å². The van der Waals surface area contributed by atoms with E-state index in [1.807, 2.05) is 26.0 Å². The number of hydrogen-bond donors (Lipinski definition) is 2. The Morgan fingerprint density at radius 3 is 2.73 bits per heavy atom. The van der Waals surface area contributed by atoms with E-state index in [1.54, 1.807) is 7.11 Å². The first-order valence-electron chi connectivity index (χ1n) is 11.0. The first-order chi connectivity index (χ1) is 14.2. The molecule has 0 aliphatic carbocycles. The second kappa shape index (κ2) is 11.1. The van der Waals surface area contributed by atoms with Gasteiger partial charge in [-0.3, -0.25) is 4.79 Å². The van der Waals surface area contributed by atoms with Gasteiger partial charge in [0.2, 0.25) is 0 Å². The molecule has 1 aliphatic rings. The van der Waals surface area contributed by atoms with Crippen LogP contribution in [0.2, 0.25) is 0 Å². The van der Waals surface area contributed by atoms with E-state index >= 15 is 0 Å². The molecule has 0 fully saturated rings. The zero-order valence-electron chi connectivity index (χ0n) is 19.1. The van der Waals surface area contributed by atoms with E-state index in [0.717, 1.165) is 23.1 Å². The molecular weight excluding hydrogens is 380 g/mol. The molecule has 0 saturated heterocycles. The molecular formula is C25H38O5. The van der Waals surface area contributed by atoms with Crippen molar-refractivity contribution in [1.29, 1.82) is 0 Å². The summed E-state index contributed by atoms with van der Waals surface area (Å²) in [5, 5.41) is 20.5. The van der Waals surface area contributed by atoms with E-state index < -0.39 is 17.6 Å². The summed E-state index contributed by atoms with van der Waals surface area (Å²) >= 11 is 0. The van der Waals surface area contributed by atoms with Crippen molar-refractivity contribution in [3.8, 4) is 0 Å². The minimum atomic E-state index is -0.613. The van der Waals surface area contributed by atoms with Gasteiger partial charge in [0.25, 0.3) is 0 Å². The average molecular weight is 419 g/mol. The Morgan fingerprint density at radius 2 is 2.07 bits per heavy atom. The summed E-state index contributed by atoms with van der Waals surface area (Å²) in [5.41, 5.74) is 2.72. The molecule has 2 bridgehead atoms. The standard InChI is InChI=1S/C25H38O5/c1-17(16-26)12-18(2)22-14-21(29-5)15-23(27)25(3,4)20-10-6-8-19(13-20)9-7-11-24(28)30-22/h6,8,10,12-13,17,21-23,26-27H,7,9,11,14-16H2,1-5H3/b18-12-/t17-,21-,22+,23+/m1/s1. The van der Waals surface area contributed by atoms with Crippen LogP contribution >= 0.6 is 0 Å². The molecule has 0 amide bonds. The van der Waals surface area contributed by atoms with Crippen LogP contribution in [-0.2, 0) is 26.1 Å². The third kappa shape index (κ3) is 6.66. The fourth-order valence-electron chi connectivity index (χ4n) is 3.98. The van der Waals surface area contributed by atoms with Gasteiger partial charge in [-0.1, -0.05) is 51.1 Å². The number of rotatable bonds is 4. The molecule has 0 unspecified atom stereocenters. The molecule has 168 valence electrons. The number of aryl methyl sites for hydroxylation is 1. The van der Waals surface area contributed by atoms with E-state index in [0.29, 0.717) is 25.7 Å². The van der Waals surface area contributed by atoms with Gasteiger partial charge in [0.15, 0.2) is 0 Å². The van der Waals surface area contributed by atoms with Crippen molar-refractivity contribution in [3.63, 3.8) is 0 Å². The van der Waals surface area contributed by atoms with Crippen molar-refractivity contribution < 1.29 is 24.5 Å². The van der Waals surface area contributed by atoms with Crippen molar-refractivity contribution in [1.82, 2.24) is 0 Å². The van der Waals surface area contributed by atoms with E-state index in [4.69, 9.17) is 9.47 Å². The molecule has 1 aromatic carbocycles. The third-order valence-electron chi connectivity index (χ3n) is 6.26. The molecule has 5 nitrogen and oxygen atoms in total. The first kappa shape index (κ1) is 24.6. The minimum Gasteiger partial charge on any atom is -0.458 e. The number of esters is 1. The van der Waals surface area contributed by atoms with Gasteiger partial charge in [-0.05, 0) is 42.4 Å². The highest BCUT2D eigenvalue weighted by Crippen LogP contribution is 2.32. The number of ether oxygens (including phenoxy) is 2. The number of hydrogen-bond acceptors (Lipinski definition) is 5. The Balaban J connectivity index is 2.34. The number of benzene rings is 1. The van der Waals surface area contributed by atoms with Crippen LogP contribution in [0.15, 0.2) is 35.9 Å². The fourth-order valence-corrected chi connectivity index (χ4v) is 3.98. The molecule has 1 aromatic rings. The van der Waals surface area contributed by atoms with Crippen molar-refractivity contribution in [3.05, 3.63) is 47.0 Å². The summed E-state index contributed by atoms with van der Waals surface area (Å²) in [6, 6.07) is 8.27. The van der Waals surface area contributed by atoms with Crippen LogP contribution in [0.1, 0.15) is 64.5 Å².